The Balaban J connectivity index is 1.35. The van der Waals surface area contributed by atoms with Crippen molar-refractivity contribution in [3.05, 3.63) is 90.3 Å². The van der Waals surface area contributed by atoms with E-state index < -0.39 is 37.1 Å². The first-order valence-electron chi connectivity index (χ1n) is 13.7. The van der Waals surface area contributed by atoms with Gasteiger partial charge in [0.05, 0.1) is 29.8 Å². The molecule has 10 nitrogen and oxygen atoms in total. The third kappa shape index (κ3) is 5.77. The second-order valence-electron chi connectivity index (χ2n) is 10.5. The molecule has 0 spiro atoms. The third-order valence-corrected chi connectivity index (χ3v) is 10.0. The van der Waals surface area contributed by atoms with Gasteiger partial charge in [-0.3, -0.25) is 5.32 Å². The van der Waals surface area contributed by atoms with Crippen LogP contribution in [0.5, 0.6) is 0 Å². The van der Waals surface area contributed by atoms with Gasteiger partial charge in [-0.1, -0.05) is 6.07 Å². The molecule has 1 aliphatic carbocycles. The summed E-state index contributed by atoms with van der Waals surface area (Å²) in [7, 11) is -4.20. The van der Waals surface area contributed by atoms with Gasteiger partial charge in [-0.05, 0) is 68.3 Å². The number of morpholine rings is 1. The van der Waals surface area contributed by atoms with Gasteiger partial charge in [-0.2, -0.15) is 0 Å². The molecular formula is C30H28F2N6O4S. The number of pyridine rings is 1. The van der Waals surface area contributed by atoms with Crippen LogP contribution < -0.4 is 15.5 Å². The second-order valence-corrected chi connectivity index (χ2v) is 12.8. The lowest BCUT2D eigenvalue weighted by atomic mass is 10.1. The molecule has 6 rings (SSSR count). The van der Waals surface area contributed by atoms with E-state index in [2.05, 4.69) is 15.6 Å². The van der Waals surface area contributed by atoms with Gasteiger partial charge in [0, 0.05) is 36.1 Å². The molecule has 43 heavy (non-hydrogen) atoms. The number of sulfone groups is 1. The number of amides is 2. The highest BCUT2D eigenvalue weighted by Gasteiger charge is 2.58. The minimum absolute atomic E-state index is 0.0300. The predicted octanol–water partition coefficient (Wildman–Crippen LogP) is 5.15. The van der Waals surface area contributed by atoms with Crippen LogP contribution in [0.3, 0.4) is 0 Å². The zero-order chi connectivity index (χ0) is 30.2. The van der Waals surface area contributed by atoms with Gasteiger partial charge in [0.15, 0.2) is 15.7 Å². The van der Waals surface area contributed by atoms with Crippen molar-refractivity contribution in [2.75, 3.05) is 35.3 Å². The Bertz CT molecular complexity index is 1750. The molecular weight excluding hydrogens is 578 g/mol. The largest absolute Gasteiger partial charge is 0.377 e. The van der Waals surface area contributed by atoms with Crippen molar-refractivity contribution in [2.45, 2.75) is 35.4 Å². The number of carbonyl (C=O) groups is 1. The van der Waals surface area contributed by atoms with Crippen LogP contribution in [-0.2, 0) is 19.3 Å². The van der Waals surface area contributed by atoms with E-state index in [4.69, 9.17) is 14.7 Å². The number of ether oxygens (including phenoxy) is 1. The van der Waals surface area contributed by atoms with Crippen molar-refractivity contribution in [1.82, 2.24) is 15.0 Å². The molecule has 1 saturated carbocycles. The SMILES string of the molecule is C[C@H]1COCCN1c1cc(C2(S(=O)(=O)c3cc(F)cc(F)c3)CC2)nc(-c2ccc(NC(=O)Nc3ccccn3)cc2)n1. The summed E-state index contributed by atoms with van der Waals surface area (Å²) in [5.74, 6) is -0.732. The summed E-state index contributed by atoms with van der Waals surface area (Å²) < 4.78 is 59.9. The van der Waals surface area contributed by atoms with Crippen LogP contribution >= 0.6 is 0 Å². The normalized spacial score (nSPS) is 17.7. The van der Waals surface area contributed by atoms with E-state index in [1.807, 2.05) is 11.8 Å². The summed E-state index contributed by atoms with van der Waals surface area (Å²) in [6.45, 7) is 3.48. The summed E-state index contributed by atoms with van der Waals surface area (Å²) in [6, 6.07) is 15.4. The van der Waals surface area contributed by atoms with Gasteiger partial charge in [-0.15, -0.1) is 0 Å². The molecule has 0 radical (unpaired) electrons. The molecule has 0 unspecified atom stereocenters. The first kappa shape index (κ1) is 28.6. The minimum atomic E-state index is -4.20. The van der Waals surface area contributed by atoms with E-state index in [0.29, 0.717) is 48.7 Å². The molecule has 2 aromatic carbocycles. The Labute approximate surface area is 247 Å². The summed E-state index contributed by atoms with van der Waals surface area (Å²) in [5.41, 5.74) is 1.35. The van der Waals surface area contributed by atoms with Crippen molar-refractivity contribution in [2.24, 2.45) is 0 Å². The van der Waals surface area contributed by atoms with Crippen molar-refractivity contribution in [3.8, 4) is 11.4 Å². The highest BCUT2D eigenvalue weighted by Crippen LogP contribution is 2.55. The van der Waals surface area contributed by atoms with Gasteiger partial charge in [-0.25, -0.2) is 36.9 Å². The number of anilines is 3. The number of hydrogen-bond acceptors (Lipinski definition) is 8. The number of hydrogen-bond donors (Lipinski definition) is 2. The maximum Gasteiger partial charge on any atom is 0.324 e. The average Bonchev–Trinajstić information content (AvgIpc) is 3.81. The summed E-state index contributed by atoms with van der Waals surface area (Å²) in [4.78, 5) is 27.5. The molecule has 3 heterocycles. The Morgan fingerprint density at radius 1 is 1.00 bits per heavy atom. The van der Waals surface area contributed by atoms with Gasteiger partial charge in [0.25, 0.3) is 0 Å². The maximum atomic E-state index is 14.0. The van der Waals surface area contributed by atoms with E-state index in [1.54, 1.807) is 54.7 Å². The number of urea groups is 1. The number of rotatable bonds is 7. The highest BCUT2D eigenvalue weighted by atomic mass is 32.2. The number of nitrogens with zero attached hydrogens (tertiary/aromatic N) is 4. The lowest BCUT2D eigenvalue weighted by Crippen LogP contribution is -2.44. The van der Waals surface area contributed by atoms with Gasteiger partial charge >= 0.3 is 6.03 Å². The molecule has 13 heteroatoms. The topological polar surface area (TPSA) is 126 Å². The molecule has 1 saturated heterocycles. The van der Waals surface area contributed by atoms with E-state index in [9.17, 15) is 22.0 Å². The molecule has 2 aliphatic rings. The Kier molecular flexibility index (Phi) is 7.52. The Morgan fingerprint density at radius 2 is 1.74 bits per heavy atom. The number of halogens is 2. The fourth-order valence-electron chi connectivity index (χ4n) is 5.11. The molecule has 2 aromatic heterocycles. The van der Waals surface area contributed by atoms with Gasteiger partial charge in [0.2, 0.25) is 0 Å². The first-order chi connectivity index (χ1) is 20.6. The first-order valence-corrected chi connectivity index (χ1v) is 15.2. The van der Waals surface area contributed by atoms with Crippen molar-refractivity contribution < 1.29 is 26.7 Å². The van der Waals surface area contributed by atoms with Crippen LogP contribution in [0.4, 0.5) is 30.9 Å². The minimum Gasteiger partial charge on any atom is -0.377 e. The fraction of sp³-hybridized carbons (Fsp3) is 0.267. The maximum absolute atomic E-state index is 14.0. The summed E-state index contributed by atoms with van der Waals surface area (Å²) in [6.07, 6.45) is 2.06. The number of benzene rings is 2. The summed E-state index contributed by atoms with van der Waals surface area (Å²) >= 11 is 0. The quantitative estimate of drug-likeness (QED) is 0.296. The molecule has 1 aliphatic heterocycles. The molecule has 222 valence electrons. The zero-order valence-corrected chi connectivity index (χ0v) is 23.9. The van der Waals surface area contributed by atoms with Crippen LogP contribution in [0.2, 0.25) is 0 Å². The van der Waals surface area contributed by atoms with Crippen LogP contribution in [0, 0.1) is 11.6 Å². The number of aromatic nitrogens is 3. The standard InChI is InChI=1S/C30H28F2N6O4S/c1-19-18-42-13-12-38(19)27-17-25(30(9-10-30)43(40,41)24-15-21(31)14-22(32)16-24)35-28(37-27)20-5-7-23(8-6-20)34-29(39)36-26-4-2-3-11-33-26/h2-8,11,14-17,19H,9-10,12-13,18H2,1H3,(H2,33,34,36,39)/t19-/m0/s1. The molecule has 2 amide bonds. The fourth-order valence-corrected chi connectivity index (χ4v) is 7.12. The van der Waals surface area contributed by atoms with Gasteiger partial charge in [0.1, 0.15) is 28.0 Å². The average molecular weight is 607 g/mol. The third-order valence-electron chi connectivity index (χ3n) is 7.51. The van der Waals surface area contributed by atoms with E-state index in [0.717, 1.165) is 12.1 Å². The molecule has 4 aromatic rings. The number of carbonyl (C=O) groups excluding carboxylic acids is 1. The van der Waals surface area contributed by atoms with Crippen LogP contribution in [0.25, 0.3) is 11.4 Å². The van der Waals surface area contributed by atoms with E-state index >= 15 is 0 Å². The monoisotopic (exact) mass is 606 g/mol. The second kappa shape index (κ2) is 11.3. The van der Waals surface area contributed by atoms with Gasteiger partial charge < -0.3 is 15.0 Å². The van der Waals surface area contributed by atoms with E-state index in [1.165, 1.54) is 0 Å². The molecule has 1 atom stereocenters. The predicted molar refractivity (Wildman–Crippen MR) is 156 cm³/mol. The Morgan fingerprint density at radius 3 is 2.40 bits per heavy atom. The smallest absolute Gasteiger partial charge is 0.324 e. The summed E-state index contributed by atoms with van der Waals surface area (Å²) in [5, 5.41) is 5.38. The lowest BCUT2D eigenvalue weighted by Gasteiger charge is -2.34. The molecule has 2 N–H and O–H groups in total. The zero-order valence-electron chi connectivity index (χ0n) is 23.1. The molecule has 0 bridgehead atoms. The number of nitrogens with one attached hydrogen (secondary N) is 2. The van der Waals surface area contributed by atoms with Crippen molar-refractivity contribution >= 4 is 33.2 Å². The lowest BCUT2D eigenvalue weighted by molar-refractivity contribution is 0.0985. The van der Waals surface area contributed by atoms with Crippen LogP contribution in [0.15, 0.2) is 77.8 Å². The van der Waals surface area contributed by atoms with Crippen molar-refractivity contribution in [3.63, 3.8) is 0 Å². The van der Waals surface area contributed by atoms with Crippen LogP contribution in [-0.4, -0.2) is 55.2 Å². The highest BCUT2D eigenvalue weighted by molar-refractivity contribution is 7.92. The van der Waals surface area contributed by atoms with Crippen LogP contribution in [0.1, 0.15) is 25.5 Å². The Hall–Kier alpha value is -4.49. The molecule has 2 fully saturated rings. The van der Waals surface area contributed by atoms with E-state index in [-0.39, 0.29) is 30.4 Å². The van der Waals surface area contributed by atoms with Crippen molar-refractivity contribution in [1.29, 1.82) is 0 Å².